The summed E-state index contributed by atoms with van der Waals surface area (Å²) < 4.78 is 5.36. The zero-order valence-electron chi connectivity index (χ0n) is 29.1. The summed E-state index contributed by atoms with van der Waals surface area (Å²) in [5, 5.41) is 4.35. The van der Waals surface area contributed by atoms with Crippen LogP contribution in [-0.4, -0.2) is 27.0 Å². The highest BCUT2D eigenvalue weighted by atomic mass is 16.2. The van der Waals surface area contributed by atoms with Crippen molar-refractivity contribution < 1.29 is 0 Å². The van der Waals surface area contributed by atoms with Crippen LogP contribution in [0.3, 0.4) is 0 Å². The highest BCUT2D eigenvalue weighted by Gasteiger charge is 2.31. The third-order valence-electron chi connectivity index (χ3n) is 12.6. The molecule has 1 N–H and O–H groups in total. The molecule has 4 aliphatic carbocycles. The summed E-state index contributed by atoms with van der Waals surface area (Å²) >= 11 is 0. The highest BCUT2D eigenvalue weighted by molar-refractivity contribution is 6.39. The van der Waals surface area contributed by atoms with Gasteiger partial charge < -0.3 is 5.32 Å². The SMILES string of the molecule is Cc1c(=O)n(C)c(NC2CCCCCCC2)c2c(=O)n(C3CCCCCCC3)c(=O)n(C3CCCCC(BC4CCCC4)CC3)c12. The van der Waals surface area contributed by atoms with E-state index in [2.05, 4.69) is 5.32 Å². The molecular weight excluding hydrogens is 571 g/mol. The molecule has 254 valence electrons. The van der Waals surface area contributed by atoms with Crippen LogP contribution in [0.25, 0.3) is 10.9 Å². The normalized spacial score (nSPS) is 25.3. The number of nitrogens with zero attached hydrogens (tertiary/aromatic N) is 3. The van der Waals surface area contributed by atoms with E-state index >= 15 is 0 Å². The van der Waals surface area contributed by atoms with Crippen molar-refractivity contribution in [3.8, 4) is 0 Å². The third-order valence-corrected chi connectivity index (χ3v) is 12.6. The second-order valence-corrected chi connectivity index (χ2v) is 15.8. The van der Waals surface area contributed by atoms with Gasteiger partial charge in [0.2, 0.25) is 0 Å². The van der Waals surface area contributed by atoms with Gasteiger partial charge in [-0.15, -0.1) is 0 Å². The van der Waals surface area contributed by atoms with Gasteiger partial charge in [-0.05, 0) is 45.4 Å². The maximum absolute atomic E-state index is 14.9. The van der Waals surface area contributed by atoms with E-state index < -0.39 is 0 Å². The van der Waals surface area contributed by atoms with Gasteiger partial charge in [-0.3, -0.25) is 23.3 Å². The number of hydrogen-bond acceptors (Lipinski definition) is 4. The molecule has 0 radical (unpaired) electrons. The van der Waals surface area contributed by atoms with E-state index in [1.807, 2.05) is 18.5 Å². The number of nitrogens with one attached hydrogen (secondary N) is 1. The zero-order valence-corrected chi connectivity index (χ0v) is 29.1. The van der Waals surface area contributed by atoms with Crippen molar-refractivity contribution in [1.82, 2.24) is 13.7 Å². The molecule has 2 atom stereocenters. The van der Waals surface area contributed by atoms with Crippen LogP contribution in [0.1, 0.15) is 172 Å². The molecule has 0 saturated heterocycles. The lowest BCUT2D eigenvalue weighted by molar-refractivity contribution is 0.324. The smallest absolute Gasteiger partial charge is 0.332 e. The topological polar surface area (TPSA) is 78.0 Å². The van der Waals surface area contributed by atoms with Gasteiger partial charge in [-0.1, -0.05) is 127 Å². The van der Waals surface area contributed by atoms with Crippen LogP contribution in [0.2, 0.25) is 11.6 Å². The Hall–Kier alpha value is -2.25. The average Bonchev–Trinajstić information content (AvgIpc) is 3.51. The summed E-state index contributed by atoms with van der Waals surface area (Å²) in [5.74, 6) is 2.23. The maximum Gasteiger partial charge on any atom is 0.332 e. The van der Waals surface area contributed by atoms with Crippen molar-refractivity contribution in [2.75, 3.05) is 5.32 Å². The van der Waals surface area contributed by atoms with Crippen molar-refractivity contribution in [1.29, 1.82) is 0 Å². The molecule has 2 unspecified atom stereocenters. The highest BCUT2D eigenvalue weighted by Crippen LogP contribution is 2.39. The van der Waals surface area contributed by atoms with Gasteiger partial charge in [0, 0.05) is 30.7 Å². The summed E-state index contributed by atoms with van der Waals surface area (Å²) in [6, 6.07) is 0.164. The zero-order chi connectivity index (χ0) is 32.0. The molecule has 4 fully saturated rings. The fourth-order valence-corrected chi connectivity index (χ4v) is 9.90. The molecule has 0 amide bonds. The molecule has 4 saturated carbocycles. The van der Waals surface area contributed by atoms with E-state index in [0.29, 0.717) is 22.3 Å². The van der Waals surface area contributed by atoms with E-state index in [1.165, 1.54) is 84.3 Å². The van der Waals surface area contributed by atoms with E-state index in [4.69, 9.17) is 0 Å². The molecule has 2 heterocycles. The van der Waals surface area contributed by atoms with Crippen LogP contribution in [-0.2, 0) is 7.05 Å². The first-order chi connectivity index (χ1) is 22.4. The van der Waals surface area contributed by atoms with Crippen LogP contribution in [0.4, 0.5) is 5.82 Å². The summed E-state index contributed by atoms with van der Waals surface area (Å²) in [6.45, 7) is 1.85. The quantitative estimate of drug-likeness (QED) is 0.324. The number of pyridine rings is 1. The van der Waals surface area contributed by atoms with Gasteiger partial charge in [-0.2, -0.15) is 0 Å². The van der Waals surface area contributed by atoms with Crippen molar-refractivity contribution >= 4 is 24.0 Å². The second-order valence-electron chi connectivity index (χ2n) is 15.8. The molecule has 4 aliphatic rings. The Bertz CT molecular complexity index is 1490. The van der Waals surface area contributed by atoms with Crippen molar-refractivity contribution in [2.24, 2.45) is 7.05 Å². The molecule has 8 heteroatoms. The predicted octanol–water partition coefficient (Wildman–Crippen LogP) is 8.46. The predicted molar refractivity (Wildman–Crippen MR) is 193 cm³/mol. The Morgan fingerprint density at radius 1 is 0.565 bits per heavy atom. The van der Waals surface area contributed by atoms with Gasteiger partial charge >= 0.3 is 5.69 Å². The summed E-state index contributed by atoms with van der Waals surface area (Å²) in [6.07, 6.45) is 27.8. The van der Waals surface area contributed by atoms with Crippen LogP contribution in [0.5, 0.6) is 0 Å². The lowest BCUT2D eigenvalue weighted by atomic mass is 9.51. The number of hydrogen-bond donors (Lipinski definition) is 1. The Morgan fingerprint density at radius 2 is 1.04 bits per heavy atom. The Labute approximate surface area is 277 Å². The Balaban J connectivity index is 1.49. The first kappa shape index (κ1) is 33.6. The standard InChI is InChI=1S/C38H61BN4O3/c1-27-34-33(35(41(2)36(27)44)40-30-20-9-5-3-6-10-21-30)37(45)43(31-22-11-7-4-8-12-23-31)38(46)42(34)32-24-16-15-19-29(25-26-32)39-28-17-13-14-18-28/h28-32,39-40H,3-26H2,1-2H3. The fourth-order valence-electron chi connectivity index (χ4n) is 9.90. The minimum atomic E-state index is -0.182. The number of aryl methyl sites for hydroxylation is 1. The van der Waals surface area contributed by atoms with Gasteiger partial charge in [-0.25, -0.2) is 4.79 Å². The number of fused-ring (bicyclic) bond motifs is 1. The Kier molecular flexibility index (Phi) is 11.5. The minimum Gasteiger partial charge on any atom is -0.368 e. The minimum absolute atomic E-state index is 0.0156. The number of rotatable bonds is 6. The molecule has 46 heavy (non-hydrogen) atoms. The van der Waals surface area contributed by atoms with E-state index in [0.717, 1.165) is 88.7 Å². The molecular formula is C38H61BN4O3. The van der Waals surface area contributed by atoms with Gasteiger partial charge in [0.25, 0.3) is 11.1 Å². The van der Waals surface area contributed by atoms with Crippen molar-refractivity contribution in [2.45, 2.75) is 191 Å². The van der Waals surface area contributed by atoms with Gasteiger partial charge in [0.1, 0.15) is 18.5 Å². The number of aromatic nitrogens is 3. The lowest BCUT2D eigenvalue weighted by Gasteiger charge is -2.31. The average molecular weight is 633 g/mol. The van der Waals surface area contributed by atoms with E-state index in [1.54, 1.807) is 9.13 Å². The maximum atomic E-state index is 14.9. The van der Waals surface area contributed by atoms with Crippen LogP contribution >= 0.6 is 0 Å². The van der Waals surface area contributed by atoms with Crippen molar-refractivity contribution in [3.63, 3.8) is 0 Å². The molecule has 2 aromatic heterocycles. The molecule has 0 spiro atoms. The van der Waals surface area contributed by atoms with E-state index in [-0.39, 0.29) is 34.9 Å². The second kappa shape index (κ2) is 15.8. The third kappa shape index (κ3) is 7.41. The van der Waals surface area contributed by atoms with Crippen molar-refractivity contribution in [3.05, 3.63) is 36.8 Å². The fraction of sp³-hybridized carbons (Fsp3) is 0.816. The van der Waals surface area contributed by atoms with Gasteiger partial charge in [0.15, 0.2) is 0 Å². The summed E-state index contributed by atoms with van der Waals surface area (Å²) in [7, 11) is 3.15. The largest absolute Gasteiger partial charge is 0.368 e. The molecule has 0 aliphatic heterocycles. The molecule has 0 bridgehead atoms. The first-order valence-corrected chi connectivity index (χ1v) is 19.6. The molecule has 2 aromatic rings. The molecule has 0 aromatic carbocycles. The van der Waals surface area contributed by atoms with Gasteiger partial charge in [0.05, 0.1) is 5.52 Å². The van der Waals surface area contributed by atoms with Crippen LogP contribution in [0.15, 0.2) is 14.4 Å². The first-order valence-electron chi connectivity index (χ1n) is 19.6. The Morgan fingerprint density at radius 3 is 1.65 bits per heavy atom. The van der Waals surface area contributed by atoms with Crippen LogP contribution < -0.4 is 22.1 Å². The monoisotopic (exact) mass is 632 g/mol. The van der Waals surface area contributed by atoms with E-state index in [9.17, 15) is 14.4 Å². The van der Waals surface area contributed by atoms with Crippen LogP contribution in [0, 0.1) is 6.92 Å². The summed E-state index contributed by atoms with van der Waals surface area (Å²) in [4.78, 5) is 43.7. The number of anilines is 1. The summed E-state index contributed by atoms with van der Waals surface area (Å²) in [5.41, 5.74) is 0.728. The molecule has 7 nitrogen and oxygen atoms in total. The molecule has 6 rings (SSSR count). The lowest BCUT2D eigenvalue weighted by Crippen LogP contribution is -2.45.